The second-order valence-electron chi connectivity index (χ2n) is 1.38. The topological polar surface area (TPSA) is 12.9 Å². The number of hydrogen-bond donors (Lipinski definition) is 0. The van der Waals surface area contributed by atoms with Crippen molar-refractivity contribution < 1.29 is 8.50 Å². The van der Waals surface area contributed by atoms with Gasteiger partial charge < -0.3 is 0 Å². The van der Waals surface area contributed by atoms with Crippen LogP contribution in [-0.4, -0.2) is 4.98 Å². The minimum atomic E-state index is -1.05. The highest BCUT2D eigenvalue weighted by Crippen LogP contribution is 2.02. The zero-order valence-corrected chi connectivity index (χ0v) is 6.39. The lowest BCUT2D eigenvalue weighted by molar-refractivity contribution is 0.582. The normalized spacial score (nSPS) is 12.8. The van der Waals surface area contributed by atoms with Gasteiger partial charge in [0.25, 0.3) is 0 Å². The molecular weight excluding hydrogens is 176 g/mol. The van der Waals surface area contributed by atoms with Crippen molar-refractivity contribution in [2.75, 3.05) is 0 Å². The fourth-order valence-corrected chi connectivity index (χ4v) is 0.529. The Kier molecular flexibility index (Phi) is 2.38. The van der Waals surface area contributed by atoms with Crippen LogP contribution in [0.2, 0.25) is 0 Å². The van der Waals surface area contributed by atoms with E-state index in [0.29, 0.717) is 0 Å². The monoisotopic (exact) mass is 184 g/mol. The lowest BCUT2D eigenvalue weighted by atomic mass is 10.3. The van der Waals surface area contributed by atoms with Gasteiger partial charge in [-0.25, -0.2) is 4.98 Å². The van der Waals surface area contributed by atoms with Crippen LogP contribution >= 0.6 is 24.0 Å². The van der Waals surface area contributed by atoms with E-state index in [1.54, 1.807) is 0 Å². The molecule has 0 saturated carbocycles. The van der Waals surface area contributed by atoms with Gasteiger partial charge in [0.05, 0.1) is 4.11 Å². The molecule has 0 bridgehead atoms. The molecular formula is C6H6Cl2FN. The number of pyridine rings is 1. The van der Waals surface area contributed by atoms with Crippen LogP contribution in [0.3, 0.4) is 0 Å². The van der Waals surface area contributed by atoms with E-state index in [2.05, 4.69) is 4.98 Å². The summed E-state index contributed by atoms with van der Waals surface area (Å²) in [5.74, 6) is -1.20. The molecule has 1 rings (SSSR count). The molecule has 1 nitrogen and oxygen atoms in total. The third kappa shape index (κ3) is 2.50. The number of hydrogen-bond acceptors (Lipinski definition) is 1. The first kappa shape index (κ1) is 5.33. The summed E-state index contributed by atoms with van der Waals surface area (Å²) in [6, 6.07) is -0.776. The van der Waals surface area contributed by atoms with Crippen molar-refractivity contribution in [2.24, 2.45) is 0 Å². The second-order valence-corrected chi connectivity index (χ2v) is 1.64. The van der Waals surface area contributed by atoms with Crippen molar-refractivity contribution in [1.82, 2.24) is 4.98 Å². The summed E-state index contributed by atoms with van der Waals surface area (Å²) in [5.41, 5.74) is 0.00849. The van der Waals surface area contributed by atoms with Crippen molar-refractivity contribution in [3.05, 3.63) is 29.8 Å². The van der Waals surface area contributed by atoms with Crippen LogP contribution in [0.15, 0.2) is 18.3 Å². The van der Waals surface area contributed by atoms with Gasteiger partial charge >= 0.3 is 0 Å². The van der Waals surface area contributed by atoms with E-state index in [1.807, 2.05) is 0 Å². The summed E-state index contributed by atoms with van der Waals surface area (Å²) in [5, 5.41) is 0. The molecule has 0 aliphatic rings. The lowest BCUT2D eigenvalue weighted by Crippen LogP contribution is -1.83. The van der Waals surface area contributed by atoms with E-state index in [-0.39, 0.29) is 29.9 Å². The van der Waals surface area contributed by atoms with Crippen LogP contribution in [0.5, 0.6) is 0 Å². The number of alkyl halides is 1. The van der Waals surface area contributed by atoms with E-state index in [0.717, 1.165) is 0 Å². The molecule has 0 aliphatic heterocycles. The second kappa shape index (κ2) is 4.47. The standard InChI is InChI=1S/C6H5ClFN.ClH/c7-4-5-1-2-9-6(8)3-5;/h1-3H,4H2;1H/i1D,2D,3D;. The van der Waals surface area contributed by atoms with Gasteiger partial charge in [0.1, 0.15) is 0 Å². The van der Waals surface area contributed by atoms with Gasteiger partial charge in [0, 0.05) is 12.1 Å². The van der Waals surface area contributed by atoms with Crippen LogP contribution in [-0.2, 0) is 5.88 Å². The van der Waals surface area contributed by atoms with Crippen molar-refractivity contribution in [1.29, 1.82) is 0 Å². The zero-order valence-electron chi connectivity index (χ0n) is 7.82. The minimum Gasteiger partial charge on any atom is -0.228 e. The van der Waals surface area contributed by atoms with E-state index in [1.165, 1.54) is 0 Å². The molecule has 0 fully saturated rings. The molecule has 0 spiro atoms. The van der Waals surface area contributed by atoms with Crippen LogP contribution in [0.25, 0.3) is 0 Å². The Morgan fingerprint density at radius 1 is 1.80 bits per heavy atom. The Labute approximate surface area is 73.9 Å². The number of rotatable bonds is 1. The molecule has 56 valence electrons. The van der Waals surface area contributed by atoms with Gasteiger partial charge in [-0.1, -0.05) is 0 Å². The Morgan fingerprint density at radius 3 is 3.10 bits per heavy atom. The number of nitrogens with zero attached hydrogens (tertiary/aromatic N) is 1. The van der Waals surface area contributed by atoms with E-state index >= 15 is 0 Å². The van der Waals surface area contributed by atoms with Crippen LogP contribution in [0.1, 0.15) is 9.68 Å². The molecule has 0 saturated heterocycles. The van der Waals surface area contributed by atoms with E-state index < -0.39 is 18.2 Å². The molecule has 0 aliphatic carbocycles. The predicted octanol–water partition coefficient (Wildman–Crippen LogP) is 2.38. The van der Waals surface area contributed by atoms with Crippen molar-refractivity contribution in [3.8, 4) is 0 Å². The quantitative estimate of drug-likeness (QED) is 0.483. The van der Waals surface area contributed by atoms with Crippen molar-refractivity contribution in [3.63, 3.8) is 0 Å². The fourth-order valence-electron chi connectivity index (χ4n) is 0.395. The fraction of sp³-hybridized carbons (Fsp3) is 0.167. The highest BCUT2D eigenvalue weighted by molar-refractivity contribution is 6.17. The SMILES string of the molecule is Cl.[2H]c1nc(F)c([2H])c(CCl)c1[2H]. The maximum absolute atomic E-state index is 12.6. The molecule has 0 unspecified atom stereocenters. The summed E-state index contributed by atoms with van der Waals surface area (Å²) >= 11 is 5.36. The average Bonchev–Trinajstić information content (AvgIpc) is 2.02. The summed E-state index contributed by atoms with van der Waals surface area (Å²) in [6.45, 7) is 0. The van der Waals surface area contributed by atoms with Crippen molar-refractivity contribution >= 4 is 24.0 Å². The van der Waals surface area contributed by atoms with Crippen molar-refractivity contribution in [2.45, 2.75) is 5.88 Å². The number of aromatic nitrogens is 1. The first-order valence-electron chi connectivity index (χ1n) is 3.76. The molecule has 0 amide bonds. The Bertz CT molecular complexity index is 295. The molecule has 0 N–H and O–H groups in total. The molecule has 1 heterocycles. The average molecular weight is 185 g/mol. The van der Waals surface area contributed by atoms with Gasteiger partial charge in [-0.05, 0) is 17.6 Å². The van der Waals surface area contributed by atoms with Crippen LogP contribution in [0, 0.1) is 5.95 Å². The Morgan fingerprint density at radius 2 is 2.50 bits per heavy atom. The first-order chi connectivity index (χ1) is 5.57. The lowest BCUT2D eigenvalue weighted by Gasteiger charge is -1.90. The highest BCUT2D eigenvalue weighted by Gasteiger charge is 1.91. The zero-order chi connectivity index (χ0) is 9.30. The van der Waals surface area contributed by atoms with Crippen LogP contribution < -0.4 is 0 Å². The third-order valence-electron chi connectivity index (χ3n) is 0.749. The Hall–Kier alpha value is -0.340. The maximum Gasteiger partial charge on any atom is 0.213 e. The van der Waals surface area contributed by atoms with Gasteiger partial charge in [0.2, 0.25) is 5.95 Å². The third-order valence-corrected chi connectivity index (χ3v) is 1.02. The maximum atomic E-state index is 12.6. The van der Waals surface area contributed by atoms with Gasteiger partial charge in [-0.2, -0.15) is 4.39 Å². The minimum absolute atomic E-state index is 0. The molecule has 4 heteroatoms. The van der Waals surface area contributed by atoms with Gasteiger partial charge in [-0.15, -0.1) is 24.0 Å². The number of halogens is 3. The molecule has 10 heavy (non-hydrogen) atoms. The molecule has 1 aromatic heterocycles. The summed E-state index contributed by atoms with van der Waals surface area (Å²) in [7, 11) is 0. The summed E-state index contributed by atoms with van der Waals surface area (Å²) in [4.78, 5) is 3.05. The van der Waals surface area contributed by atoms with E-state index in [9.17, 15) is 4.39 Å². The first-order valence-corrected chi connectivity index (χ1v) is 2.79. The summed E-state index contributed by atoms with van der Waals surface area (Å²) in [6.07, 6.45) is -0.487. The van der Waals surface area contributed by atoms with Crippen LogP contribution in [0.4, 0.5) is 4.39 Å². The molecule has 0 radical (unpaired) electrons. The Balaban J connectivity index is 0.00000144. The summed E-state index contributed by atoms with van der Waals surface area (Å²) < 4.78 is 34.0. The molecule has 1 aromatic rings. The van der Waals surface area contributed by atoms with E-state index in [4.69, 9.17) is 15.7 Å². The molecule has 0 aromatic carbocycles. The molecule has 0 atom stereocenters. The van der Waals surface area contributed by atoms with Gasteiger partial charge in [-0.3, -0.25) is 0 Å². The largest absolute Gasteiger partial charge is 0.228 e. The van der Waals surface area contributed by atoms with Gasteiger partial charge in [0.15, 0.2) is 0 Å². The predicted molar refractivity (Wildman–Crippen MR) is 41.0 cm³/mol. The smallest absolute Gasteiger partial charge is 0.213 e. The highest BCUT2D eigenvalue weighted by atomic mass is 35.5.